The van der Waals surface area contributed by atoms with Crippen molar-refractivity contribution >= 4 is 5.97 Å². The molecule has 0 saturated heterocycles. The Morgan fingerprint density at radius 1 is 1.40 bits per heavy atom. The minimum Gasteiger partial charge on any atom is -0.468 e. The fourth-order valence-electron chi connectivity index (χ4n) is 1.24. The predicted molar refractivity (Wildman–Crippen MR) is 56.8 cm³/mol. The van der Waals surface area contributed by atoms with Crippen molar-refractivity contribution in [1.82, 2.24) is 5.32 Å². The van der Waals surface area contributed by atoms with E-state index in [1.54, 1.807) is 21.1 Å². The maximum absolute atomic E-state index is 11.6. The zero-order valence-corrected chi connectivity index (χ0v) is 10.1. The van der Waals surface area contributed by atoms with Crippen LogP contribution in [0.25, 0.3) is 0 Å². The number of ether oxygens (including phenoxy) is 3. The lowest BCUT2D eigenvalue weighted by Crippen LogP contribution is -2.58. The summed E-state index contributed by atoms with van der Waals surface area (Å²) in [5.41, 5.74) is -0.845. The third kappa shape index (κ3) is 3.77. The number of carbonyl (C=O) groups excluding carboxylic acids is 1. The molecule has 2 atom stereocenters. The molecule has 0 saturated carbocycles. The number of rotatable bonds is 7. The molecule has 0 aliphatic heterocycles. The molecule has 0 spiro atoms. The van der Waals surface area contributed by atoms with Crippen LogP contribution < -0.4 is 5.32 Å². The number of methoxy groups -OCH3 is 3. The minimum atomic E-state index is -0.845. The molecule has 0 aliphatic carbocycles. The zero-order chi connectivity index (χ0) is 11.9. The van der Waals surface area contributed by atoms with Gasteiger partial charge in [-0.3, -0.25) is 5.32 Å². The van der Waals surface area contributed by atoms with Crippen LogP contribution in [0.3, 0.4) is 0 Å². The van der Waals surface area contributed by atoms with Gasteiger partial charge < -0.3 is 14.2 Å². The lowest BCUT2D eigenvalue weighted by Gasteiger charge is -2.32. The molecule has 0 fully saturated rings. The van der Waals surface area contributed by atoms with E-state index in [2.05, 4.69) is 5.32 Å². The van der Waals surface area contributed by atoms with Gasteiger partial charge >= 0.3 is 5.97 Å². The van der Waals surface area contributed by atoms with Gasteiger partial charge in [0.1, 0.15) is 5.54 Å². The molecule has 0 heterocycles. The van der Waals surface area contributed by atoms with Crippen LogP contribution in [0, 0.1) is 0 Å². The number of carbonyl (C=O) groups is 1. The highest BCUT2D eigenvalue weighted by molar-refractivity contribution is 5.81. The van der Waals surface area contributed by atoms with E-state index in [1.165, 1.54) is 7.11 Å². The van der Waals surface area contributed by atoms with Gasteiger partial charge in [-0.05, 0) is 13.8 Å². The summed E-state index contributed by atoms with van der Waals surface area (Å²) in [7, 11) is 4.53. The number of hydrogen-bond donors (Lipinski definition) is 1. The molecule has 1 N–H and O–H groups in total. The first-order valence-electron chi connectivity index (χ1n) is 4.88. The Labute approximate surface area is 91.1 Å². The van der Waals surface area contributed by atoms with Gasteiger partial charge in [-0.2, -0.15) is 0 Å². The van der Waals surface area contributed by atoms with Gasteiger partial charge in [0.15, 0.2) is 0 Å². The second-order valence-electron chi connectivity index (χ2n) is 3.49. The molecule has 0 aromatic carbocycles. The van der Waals surface area contributed by atoms with E-state index in [1.807, 2.05) is 6.92 Å². The Morgan fingerprint density at radius 3 is 2.40 bits per heavy atom. The fourth-order valence-corrected chi connectivity index (χ4v) is 1.24. The largest absolute Gasteiger partial charge is 0.468 e. The molecule has 5 heteroatoms. The van der Waals surface area contributed by atoms with Crippen LogP contribution in [0.1, 0.15) is 13.8 Å². The van der Waals surface area contributed by atoms with E-state index in [9.17, 15) is 4.79 Å². The van der Waals surface area contributed by atoms with Crippen molar-refractivity contribution in [1.29, 1.82) is 0 Å². The molecular weight excluding hydrogens is 198 g/mol. The van der Waals surface area contributed by atoms with Gasteiger partial charge in [0, 0.05) is 20.8 Å². The van der Waals surface area contributed by atoms with Crippen molar-refractivity contribution < 1.29 is 19.0 Å². The van der Waals surface area contributed by atoms with Crippen molar-refractivity contribution in [3.63, 3.8) is 0 Å². The van der Waals surface area contributed by atoms with Crippen molar-refractivity contribution in [3.8, 4) is 0 Å². The summed E-state index contributed by atoms with van der Waals surface area (Å²) < 4.78 is 14.8. The summed E-state index contributed by atoms with van der Waals surface area (Å²) in [6.45, 7) is 4.66. The van der Waals surface area contributed by atoms with Gasteiger partial charge in [0.05, 0.1) is 19.8 Å². The minimum absolute atomic E-state index is 0.276. The molecule has 0 radical (unpaired) electrons. The molecule has 2 unspecified atom stereocenters. The van der Waals surface area contributed by atoms with Crippen LogP contribution in [-0.2, 0) is 19.0 Å². The van der Waals surface area contributed by atoms with Crippen LogP contribution in [0.5, 0.6) is 0 Å². The van der Waals surface area contributed by atoms with Gasteiger partial charge in [-0.1, -0.05) is 0 Å². The fraction of sp³-hybridized carbons (Fsp3) is 0.900. The summed E-state index contributed by atoms with van der Waals surface area (Å²) in [5.74, 6) is -0.340. The van der Waals surface area contributed by atoms with Crippen LogP contribution >= 0.6 is 0 Å². The molecule has 0 rings (SSSR count). The molecule has 0 aromatic rings. The van der Waals surface area contributed by atoms with Gasteiger partial charge in [-0.25, -0.2) is 4.79 Å². The first-order valence-corrected chi connectivity index (χ1v) is 4.88. The standard InChI is InChI=1S/C10H21NO4/c1-8(14-4)10(2,9(12)15-5)11-6-7-13-3/h8,11H,6-7H2,1-5H3. The first kappa shape index (κ1) is 14.3. The van der Waals surface area contributed by atoms with E-state index in [0.29, 0.717) is 13.2 Å². The monoisotopic (exact) mass is 219 g/mol. The molecule has 0 bridgehead atoms. The van der Waals surface area contributed by atoms with Crippen molar-refractivity contribution in [2.75, 3.05) is 34.5 Å². The summed E-state index contributed by atoms with van der Waals surface area (Å²) in [5, 5.41) is 3.07. The van der Waals surface area contributed by atoms with E-state index < -0.39 is 5.54 Å². The lowest BCUT2D eigenvalue weighted by molar-refractivity contribution is -0.153. The number of nitrogens with one attached hydrogen (secondary N) is 1. The van der Waals surface area contributed by atoms with Crippen LogP contribution in [-0.4, -0.2) is 52.1 Å². The SMILES string of the molecule is COCCNC(C)(C(=O)OC)C(C)OC. The summed E-state index contributed by atoms with van der Waals surface area (Å²) in [4.78, 5) is 11.6. The molecule has 15 heavy (non-hydrogen) atoms. The topological polar surface area (TPSA) is 56.8 Å². The lowest BCUT2D eigenvalue weighted by atomic mass is 9.96. The van der Waals surface area contributed by atoms with Crippen molar-refractivity contribution in [2.24, 2.45) is 0 Å². The molecule has 5 nitrogen and oxygen atoms in total. The quantitative estimate of drug-likeness (QED) is 0.489. The Bertz CT molecular complexity index is 198. The Hall–Kier alpha value is -0.650. The highest BCUT2D eigenvalue weighted by Gasteiger charge is 2.39. The Morgan fingerprint density at radius 2 is 2.00 bits per heavy atom. The van der Waals surface area contributed by atoms with Gasteiger partial charge in [0.25, 0.3) is 0 Å². The maximum atomic E-state index is 11.6. The smallest absolute Gasteiger partial charge is 0.328 e. The van der Waals surface area contributed by atoms with E-state index >= 15 is 0 Å². The zero-order valence-electron chi connectivity index (χ0n) is 10.1. The molecule has 90 valence electrons. The highest BCUT2D eigenvalue weighted by atomic mass is 16.5. The molecule has 0 aliphatic rings. The summed E-state index contributed by atoms with van der Waals surface area (Å²) in [6.07, 6.45) is -0.276. The average molecular weight is 219 g/mol. The summed E-state index contributed by atoms with van der Waals surface area (Å²) >= 11 is 0. The second kappa shape index (κ2) is 6.76. The predicted octanol–water partition coefficient (Wildman–Crippen LogP) is 0.189. The van der Waals surface area contributed by atoms with Gasteiger partial charge in [-0.15, -0.1) is 0 Å². The van der Waals surface area contributed by atoms with E-state index in [4.69, 9.17) is 14.2 Å². The summed E-state index contributed by atoms with van der Waals surface area (Å²) in [6, 6.07) is 0. The van der Waals surface area contributed by atoms with Crippen molar-refractivity contribution in [2.45, 2.75) is 25.5 Å². The number of esters is 1. The number of hydrogen-bond acceptors (Lipinski definition) is 5. The van der Waals surface area contributed by atoms with Crippen LogP contribution in [0.2, 0.25) is 0 Å². The molecule has 0 aromatic heterocycles. The third-order valence-corrected chi connectivity index (χ3v) is 2.57. The van der Waals surface area contributed by atoms with Crippen LogP contribution in [0.15, 0.2) is 0 Å². The Balaban J connectivity index is 4.47. The third-order valence-electron chi connectivity index (χ3n) is 2.57. The van der Waals surface area contributed by atoms with E-state index in [-0.39, 0.29) is 12.1 Å². The Kier molecular flexibility index (Phi) is 6.47. The maximum Gasteiger partial charge on any atom is 0.328 e. The van der Waals surface area contributed by atoms with E-state index in [0.717, 1.165) is 0 Å². The molecular formula is C10H21NO4. The van der Waals surface area contributed by atoms with Crippen molar-refractivity contribution in [3.05, 3.63) is 0 Å². The normalized spacial score (nSPS) is 16.9. The average Bonchev–Trinajstić information content (AvgIpc) is 2.26. The van der Waals surface area contributed by atoms with Crippen LogP contribution in [0.4, 0.5) is 0 Å². The second-order valence-corrected chi connectivity index (χ2v) is 3.49. The van der Waals surface area contributed by atoms with Gasteiger partial charge in [0.2, 0.25) is 0 Å². The molecule has 0 amide bonds. The first-order chi connectivity index (χ1) is 7.02. The highest BCUT2D eigenvalue weighted by Crippen LogP contribution is 2.14.